The third-order valence-electron chi connectivity index (χ3n) is 4.40. The van der Waals surface area contributed by atoms with Gasteiger partial charge in [0.15, 0.2) is 0 Å². The van der Waals surface area contributed by atoms with Gasteiger partial charge in [-0.25, -0.2) is 0 Å². The highest BCUT2D eigenvalue weighted by atomic mass is 19.4. The van der Waals surface area contributed by atoms with E-state index in [4.69, 9.17) is 0 Å². The zero-order valence-electron chi connectivity index (χ0n) is 16.2. The molecule has 0 saturated carbocycles. The van der Waals surface area contributed by atoms with E-state index in [2.05, 4.69) is 10.2 Å². The van der Waals surface area contributed by atoms with Crippen molar-refractivity contribution in [2.75, 3.05) is 0 Å². The van der Waals surface area contributed by atoms with Crippen molar-refractivity contribution in [3.05, 3.63) is 107 Å². The van der Waals surface area contributed by atoms with Crippen LogP contribution in [0, 0.1) is 0 Å². The molecule has 0 aromatic heterocycles. The summed E-state index contributed by atoms with van der Waals surface area (Å²) in [6.07, 6.45) is -9.86. The lowest BCUT2D eigenvalue weighted by Crippen LogP contribution is -2.13. The number of hydrogen-bond donors (Lipinski definition) is 0. The van der Waals surface area contributed by atoms with Gasteiger partial charge in [0.1, 0.15) is 5.71 Å². The number of halogens is 6. The molecule has 8 heteroatoms. The van der Waals surface area contributed by atoms with Gasteiger partial charge in [0, 0.05) is 11.1 Å². The summed E-state index contributed by atoms with van der Waals surface area (Å²) in [6.45, 7) is 1.31. The number of benzene rings is 3. The molecule has 0 saturated heterocycles. The summed E-state index contributed by atoms with van der Waals surface area (Å²) >= 11 is 0. The largest absolute Gasteiger partial charge is 0.416 e. The highest BCUT2D eigenvalue weighted by molar-refractivity contribution is 6.13. The van der Waals surface area contributed by atoms with E-state index < -0.39 is 23.5 Å². The SMILES string of the molecule is CC(=NN=C(c1ccccc1)c1ccccc1)c1cc(C(F)(F)F)cc(C(F)(F)F)c1. The predicted molar refractivity (Wildman–Crippen MR) is 107 cm³/mol. The molecule has 0 aliphatic rings. The summed E-state index contributed by atoms with van der Waals surface area (Å²) < 4.78 is 78.7. The normalized spacial score (nSPS) is 12.5. The molecule has 31 heavy (non-hydrogen) atoms. The second-order valence-corrected chi connectivity index (χ2v) is 6.66. The highest BCUT2D eigenvalue weighted by Gasteiger charge is 2.37. The average Bonchev–Trinajstić information content (AvgIpc) is 2.74. The predicted octanol–water partition coefficient (Wildman–Crippen LogP) is 6.99. The van der Waals surface area contributed by atoms with Crippen molar-refractivity contribution in [3.63, 3.8) is 0 Å². The first-order valence-electron chi connectivity index (χ1n) is 9.08. The zero-order valence-corrected chi connectivity index (χ0v) is 16.2. The molecule has 0 atom stereocenters. The number of alkyl halides is 6. The third-order valence-corrected chi connectivity index (χ3v) is 4.40. The molecular weight excluding hydrogens is 418 g/mol. The van der Waals surface area contributed by atoms with E-state index in [0.717, 1.165) is 0 Å². The van der Waals surface area contributed by atoms with Crippen LogP contribution in [-0.4, -0.2) is 11.4 Å². The molecule has 0 unspecified atom stereocenters. The van der Waals surface area contributed by atoms with Crippen LogP contribution < -0.4 is 0 Å². The Hall–Kier alpha value is -3.42. The Labute approximate surface area is 174 Å². The Bertz CT molecular complexity index is 1020. The summed E-state index contributed by atoms with van der Waals surface area (Å²) in [5, 5.41) is 8.13. The van der Waals surface area contributed by atoms with Gasteiger partial charge in [0.2, 0.25) is 0 Å². The maximum Gasteiger partial charge on any atom is 0.416 e. The minimum atomic E-state index is -4.93. The van der Waals surface area contributed by atoms with Gasteiger partial charge >= 0.3 is 12.4 Å². The summed E-state index contributed by atoms with van der Waals surface area (Å²) in [5.41, 5.74) is -1.36. The second-order valence-electron chi connectivity index (χ2n) is 6.66. The van der Waals surface area contributed by atoms with Crippen molar-refractivity contribution >= 4 is 11.4 Å². The van der Waals surface area contributed by atoms with Crippen LogP contribution in [0.25, 0.3) is 0 Å². The van der Waals surface area contributed by atoms with Gasteiger partial charge in [0.25, 0.3) is 0 Å². The van der Waals surface area contributed by atoms with Crippen molar-refractivity contribution in [3.8, 4) is 0 Å². The van der Waals surface area contributed by atoms with Crippen LogP contribution in [0.5, 0.6) is 0 Å². The van der Waals surface area contributed by atoms with E-state index in [-0.39, 0.29) is 17.3 Å². The minimum Gasteiger partial charge on any atom is -0.166 e. The van der Waals surface area contributed by atoms with E-state index >= 15 is 0 Å². The van der Waals surface area contributed by atoms with E-state index in [1.807, 2.05) is 12.1 Å². The fourth-order valence-electron chi connectivity index (χ4n) is 2.82. The molecule has 0 bridgehead atoms. The number of hydrogen-bond acceptors (Lipinski definition) is 2. The summed E-state index contributed by atoms with van der Waals surface area (Å²) in [7, 11) is 0. The second kappa shape index (κ2) is 8.75. The molecule has 0 aliphatic carbocycles. The molecule has 160 valence electrons. The van der Waals surface area contributed by atoms with E-state index in [0.29, 0.717) is 29.0 Å². The van der Waals surface area contributed by atoms with Crippen molar-refractivity contribution < 1.29 is 26.3 Å². The maximum atomic E-state index is 13.1. The molecule has 3 aromatic carbocycles. The highest BCUT2D eigenvalue weighted by Crippen LogP contribution is 2.36. The Morgan fingerprint density at radius 1 is 0.581 bits per heavy atom. The van der Waals surface area contributed by atoms with E-state index in [9.17, 15) is 26.3 Å². The monoisotopic (exact) mass is 434 g/mol. The van der Waals surface area contributed by atoms with Crippen LogP contribution in [0.1, 0.15) is 34.7 Å². The van der Waals surface area contributed by atoms with Crippen LogP contribution in [0.4, 0.5) is 26.3 Å². The molecule has 0 heterocycles. The summed E-state index contributed by atoms with van der Waals surface area (Å²) in [5.74, 6) is 0. The molecule has 2 nitrogen and oxygen atoms in total. The number of rotatable bonds is 4. The molecule has 0 N–H and O–H groups in total. The van der Waals surface area contributed by atoms with Gasteiger partial charge in [-0.15, -0.1) is 5.10 Å². The molecule has 0 fully saturated rings. The Morgan fingerprint density at radius 2 is 1.00 bits per heavy atom. The van der Waals surface area contributed by atoms with Gasteiger partial charge < -0.3 is 0 Å². The third kappa shape index (κ3) is 5.59. The average molecular weight is 434 g/mol. The smallest absolute Gasteiger partial charge is 0.166 e. The Morgan fingerprint density at radius 3 is 1.39 bits per heavy atom. The lowest BCUT2D eigenvalue weighted by Gasteiger charge is -2.14. The van der Waals surface area contributed by atoms with Gasteiger partial charge in [-0.2, -0.15) is 31.4 Å². The maximum absolute atomic E-state index is 13.1. The van der Waals surface area contributed by atoms with Gasteiger partial charge in [-0.05, 0) is 30.7 Å². The fourth-order valence-corrected chi connectivity index (χ4v) is 2.82. The first kappa shape index (κ1) is 22.3. The van der Waals surface area contributed by atoms with E-state index in [1.165, 1.54) is 6.92 Å². The van der Waals surface area contributed by atoms with Crippen molar-refractivity contribution in [1.82, 2.24) is 0 Å². The van der Waals surface area contributed by atoms with Crippen LogP contribution in [0.15, 0.2) is 89.1 Å². The topological polar surface area (TPSA) is 24.7 Å². The Kier molecular flexibility index (Phi) is 6.29. The molecule has 0 radical (unpaired) electrons. The van der Waals surface area contributed by atoms with Gasteiger partial charge in [-0.3, -0.25) is 0 Å². The van der Waals surface area contributed by atoms with Crippen LogP contribution in [0.3, 0.4) is 0 Å². The van der Waals surface area contributed by atoms with Crippen LogP contribution in [0.2, 0.25) is 0 Å². The summed E-state index contributed by atoms with van der Waals surface area (Å²) in [4.78, 5) is 0. The van der Waals surface area contributed by atoms with Gasteiger partial charge in [0.05, 0.1) is 16.8 Å². The van der Waals surface area contributed by atoms with Crippen molar-refractivity contribution in [1.29, 1.82) is 0 Å². The summed E-state index contributed by atoms with van der Waals surface area (Å²) in [6, 6.07) is 19.2. The van der Waals surface area contributed by atoms with E-state index in [1.54, 1.807) is 48.5 Å². The molecule has 0 spiro atoms. The standard InChI is InChI=1S/C23H16F6N2/c1-15(18-12-19(22(24,25)26)14-20(13-18)23(27,28)29)30-31-21(16-8-4-2-5-9-16)17-10-6-3-7-11-17/h2-14H,1H3. The minimum absolute atomic E-state index is 0.0824. The molecule has 0 amide bonds. The lowest BCUT2D eigenvalue weighted by atomic mass is 10.0. The van der Waals surface area contributed by atoms with Gasteiger partial charge in [-0.1, -0.05) is 60.7 Å². The van der Waals surface area contributed by atoms with Crippen LogP contribution in [-0.2, 0) is 12.4 Å². The molecule has 0 aliphatic heterocycles. The molecule has 3 aromatic rings. The molecular formula is C23H16F6N2. The first-order valence-corrected chi connectivity index (χ1v) is 9.08. The lowest BCUT2D eigenvalue weighted by molar-refractivity contribution is -0.143. The van der Waals surface area contributed by atoms with Crippen LogP contribution >= 0.6 is 0 Å². The fraction of sp³-hybridized carbons (Fsp3) is 0.130. The van der Waals surface area contributed by atoms with Crippen molar-refractivity contribution in [2.24, 2.45) is 10.2 Å². The first-order chi connectivity index (χ1) is 14.6. The Balaban J connectivity index is 2.11. The number of nitrogens with zero attached hydrogens (tertiary/aromatic N) is 2. The quantitative estimate of drug-likeness (QED) is 0.240. The molecule has 3 rings (SSSR count). The van der Waals surface area contributed by atoms with Crippen molar-refractivity contribution in [2.45, 2.75) is 19.3 Å². The zero-order chi connectivity index (χ0) is 22.6.